The maximum absolute atomic E-state index is 10.4. The van der Waals surface area contributed by atoms with E-state index in [4.69, 9.17) is 0 Å². The van der Waals surface area contributed by atoms with Gasteiger partial charge in [0.2, 0.25) is 0 Å². The topological polar surface area (TPSA) is 96.2 Å². The summed E-state index contributed by atoms with van der Waals surface area (Å²) in [6, 6.07) is 2.59. The molecule has 0 aliphatic carbocycles. The van der Waals surface area contributed by atoms with E-state index in [1.165, 1.54) is 19.1 Å². The average Bonchev–Trinajstić information content (AvgIpc) is 2.01. The molecule has 76 valence electrons. The molecule has 0 saturated heterocycles. The average molecular weight is 215 g/mol. The van der Waals surface area contributed by atoms with Crippen LogP contribution in [0.5, 0.6) is 0 Å². The first-order chi connectivity index (χ1) is 6.50. The third-order valence-corrected chi connectivity index (χ3v) is 2.11. The van der Waals surface area contributed by atoms with Gasteiger partial charge in [-0.1, -0.05) is 0 Å². The minimum absolute atomic E-state index is 0.106. The summed E-state index contributed by atoms with van der Waals surface area (Å²) in [5, 5.41) is 10.4. The van der Waals surface area contributed by atoms with Crippen molar-refractivity contribution in [2.45, 2.75) is 12.7 Å². The van der Waals surface area contributed by atoms with Crippen molar-refractivity contribution in [1.29, 1.82) is 0 Å². The highest BCUT2D eigenvalue weighted by Crippen LogP contribution is 2.15. The molecule has 0 saturated carbocycles. The van der Waals surface area contributed by atoms with Gasteiger partial charge in [0.25, 0.3) is 5.69 Å². The van der Waals surface area contributed by atoms with Crippen molar-refractivity contribution in [1.82, 2.24) is 4.98 Å². The molecule has 1 aromatic rings. The first kappa shape index (κ1) is 10.7. The third kappa shape index (κ3) is 2.57. The summed E-state index contributed by atoms with van der Waals surface area (Å²) in [5.74, 6) is -0.223. The van der Waals surface area contributed by atoms with Crippen molar-refractivity contribution in [2.24, 2.45) is 0 Å². The zero-order valence-electron chi connectivity index (χ0n) is 7.30. The lowest BCUT2D eigenvalue weighted by atomic mass is 10.3. The lowest BCUT2D eigenvalue weighted by Gasteiger charge is -2.04. The Hall–Kier alpha value is -1.34. The van der Waals surface area contributed by atoms with Crippen LogP contribution in [-0.2, 0) is 16.8 Å². The SMILES string of the molecule is Cc1nc(CS(=O)[O-])ccc1[N+](=O)[O-]. The van der Waals surface area contributed by atoms with E-state index in [0.29, 0.717) is 5.69 Å². The van der Waals surface area contributed by atoms with Gasteiger partial charge in [-0.05, 0) is 24.1 Å². The van der Waals surface area contributed by atoms with Crippen LogP contribution in [0, 0.1) is 17.0 Å². The standard InChI is InChI=1S/C7H8N2O4S/c1-5-7(9(10)11)3-2-6(8-5)4-14(12)13/h2-3H,4H2,1H3,(H,12,13)/p-1. The Morgan fingerprint density at radius 3 is 2.64 bits per heavy atom. The Morgan fingerprint density at radius 2 is 2.21 bits per heavy atom. The fourth-order valence-corrected chi connectivity index (χ4v) is 1.40. The molecule has 0 spiro atoms. The van der Waals surface area contributed by atoms with Gasteiger partial charge in [-0.15, -0.1) is 0 Å². The summed E-state index contributed by atoms with van der Waals surface area (Å²) in [6.45, 7) is 1.47. The van der Waals surface area contributed by atoms with Gasteiger partial charge >= 0.3 is 0 Å². The predicted molar refractivity (Wildman–Crippen MR) is 48.3 cm³/mol. The van der Waals surface area contributed by atoms with E-state index in [9.17, 15) is 18.9 Å². The Bertz CT molecular complexity index is 393. The molecular weight excluding hydrogens is 208 g/mol. The second-order valence-corrected chi connectivity index (χ2v) is 3.51. The number of hydrogen-bond acceptors (Lipinski definition) is 5. The largest absolute Gasteiger partial charge is 0.772 e. The van der Waals surface area contributed by atoms with Crippen LogP contribution in [0.25, 0.3) is 0 Å². The van der Waals surface area contributed by atoms with Crippen molar-refractivity contribution in [3.8, 4) is 0 Å². The second-order valence-electron chi connectivity index (χ2n) is 2.61. The molecule has 0 aliphatic heterocycles. The number of aromatic nitrogens is 1. The highest BCUT2D eigenvalue weighted by atomic mass is 32.2. The first-order valence-corrected chi connectivity index (χ1v) is 4.92. The molecule has 0 bridgehead atoms. The lowest BCUT2D eigenvalue weighted by Crippen LogP contribution is -2.00. The van der Waals surface area contributed by atoms with Crippen LogP contribution in [0.1, 0.15) is 11.4 Å². The smallest absolute Gasteiger partial charge is 0.290 e. The summed E-state index contributed by atoms with van der Waals surface area (Å²) in [4.78, 5) is 13.6. The van der Waals surface area contributed by atoms with Crippen LogP contribution >= 0.6 is 0 Å². The number of nitro groups is 1. The summed E-state index contributed by atoms with van der Waals surface area (Å²) < 4.78 is 20.6. The Labute approximate surface area is 82.4 Å². The molecule has 0 aromatic carbocycles. The number of hydrogen-bond donors (Lipinski definition) is 0. The summed E-state index contributed by atoms with van der Waals surface area (Å²) in [6.07, 6.45) is 0. The van der Waals surface area contributed by atoms with Gasteiger partial charge in [0.1, 0.15) is 5.69 Å². The molecule has 0 fully saturated rings. The molecule has 0 N–H and O–H groups in total. The quantitative estimate of drug-likeness (QED) is 0.419. The van der Waals surface area contributed by atoms with E-state index in [0.717, 1.165) is 0 Å². The second kappa shape index (κ2) is 4.25. The summed E-state index contributed by atoms with van der Waals surface area (Å²) >= 11 is -2.22. The fourth-order valence-electron chi connectivity index (χ4n) is 1.000. The molecule has 1 rings (SSSR count). The van der Waals surface area contributed by atoms with Gasteiger partial charge in [0.15, 0.2) is 0 Å². The number of pyridine rings is 1. The maximum Gasteiger partial charge on any atom is 0.290 e. The monoisotopic (exact) mass is 215 g/mol. The first-order valence-electron chi connectivity index (χ1n) is 3.67. The number of aryl methyl sites for hydroxylation is 1. The third-order valence-electron chi connectivity index (χ3n) is 1.58. The molecule has 0 radical (unpaired) electrons. The van der Waals surface area contributed by atoms with Gasteiger partial charge in [-0.2, -0.15) is 0 Å². The van der Waals surface area contributed by atoms with Crippen molar-refractivity contribution in [2.75, 3.05) is 0 Å². The van der Waals surface area contributed by atoms with Crippen LogP contribution in [0.4, 0.5) is 5.69 Å². The van der Waals surface area contributed by atoms with Crippen LogP contribution in [0.2, 0.25) is 0 Å². The molecule has 1 unspecified atom stereocenters. The van der Waals surface area contributed by atoms with E-state index in [1.54, 1.807) is 0 Å². The van der Waals surface area contributed by atoms with Gasteiger partial charge in [-0.3, -0.25) is 19.3 Å². The van der Waals surface area contributed by atoms with Gasteiger partial charge in [0, 0.05) is 6.07 Å². The van der Waals surface area contributed by atoms with Crippen molar-refractivity contribution >= 4 is 16.8 Å². The molecule has 14 heavy (non-hydrogen) atoms. The Kier molecular flexibility index (Phi) is 3.26. The van der Waals surface area contributed by atoms with Crippen molar-refractivity contribution < 1.29 is 13.7 Å². The normalized spacial score (nSPS) is 12.4. The zero-order valence-corrected chi connectivity index (χ0v) is 8.11. The zero-order chi connectivity index (χ0) is 10.7. The molecule has 0 aliphatic rings. The van der Waals surface area contributed by atoms with E-state index >= 15 is 0 Å². The van der Waals surface area contributed by atoms with E-state index in [-0.39, 0.29) is 17.1 Å². The predicted octanol–water partition coefficient (Wildman–Crippen LogP) is 0.677. The molecule has 6 nitrogen and oxygen atoms in total. The fraction of sp³-hybridized carbons (Fsp3) is 0.286. The van der Waals surface area contributed by atoms with Gasteiger partial charge in [0.05, 0.1) is 16.4 Å². The molecule has 1 heterocycles. The minimum atomic E-state index is -2.22. The molecular formula is C7H7N2O4S-. The highest BCUT2D eigenvalue weighted by Gasteiger charge is 2.11. The van der Waals surface area contributed by atoms with E-state index in [1.807, 2.05) is 0 Å². The summed E-state index contributed by atoms with van der Waals surface area (Å²) in [5.41, 5.74) is 0.421. The van der Waals surface area contributed by atoms with Crippen LogP contribution < -0.4 is 0 Å². The van der Waals surface area contributed by atoms with Gasteiger partial charge < -0.3 is 4.55 Å². The summed E-state index contributed by atoms with van der Waals surface area (Å²) in [7, 11) is 0. The van der Waals surface area contributed by atoms with Crippen molar-refractivity contribution in [3.05, 3.63) is 33.6 Å². The molecule has 1 aromatic heterocycles. The van der Waals surface area contributed by atoms with Gasteiger partial charge in [-0.25, -0.2) is 0 Å². The molecule has 7 heteroatoms. The maximum atomic E-state index is 10.4. The number of rotatable bonds is 3. The lowest BCUT2D eigenvalue weighted by molar-refractivity contribution is -0.385. The number of nitrogens with zero attached hydrogens (tertiary/aromatic N) is 2. The van der Waals surface area contributed by atoms with Crippen LogP contribution in [0.15, 0.2) is 12.1 Å². The van der Waals surface area contributed by atoms with Crippen LogP contribution in [-0.4, -0.2) is 18.7 Å². The van der Waals surface area contributed by atoms with E-state index < -0.39 is 16.0 Å². The Morgan fingerprint density at radius 1 is 1.57 bits per heavy atom. The van der Waals surface area contributed by atoms with Crippen molar-refractivity contribution in [3.63, 3.8) is 0 Å². The highest BCUT2D eigenvalue weighted by molar-refractivity contribution is 7.78. The molecule has 1 atom stereocenters. The minimum Gasteiger partial charge on any atom is -0.772 e. The van der Waals surface area contributed by atoms with Crippen LogP contribution in [0.3, 0.4) is 0 Å². The molecule has 0 amide bonds. The van der Waals surface area contributed by atoms with E-state index in [2.05, 4.69) is 4.98 Å². The Balaban J connectivity index is 3.00.